The van der Waals surface area contributed by atoms with Gasteiger partial charge in [0.05, 0.1) is 0 Å². The van der Waals surface area contributed by atoms with E-state index in [1.165, 1.54) is 116 Å². The zero-order valence-electron chi connectivity index (χ0n) is 19.7. The van der Waals surface area contributed by atoms with Crippen LogP contribution < -0.4 is 23.4 Å². The lowest BCUT2D eigenvalue weighted by molar-refractivity contribution is 0.530. The van der Waals surface area contributed by atoms with E-state index in [0.29, 0.717) is 0 Å². The van der Waals surface area contributed by atoms with Crippen LogP contribution in [0, 0.1) is 0 Å². The molecule has 0 aromatic rings. The first-order chi connectivity index (χ1) is 13.3. The van der Waals surface area contributed by atoms with E-state index in [-0.39, 0.29) is 6.15 Å². The quantitative estimate of drug-likeness (QED) is 0.157. The summed E-state index contributed by atoms with van der Waals surface area (Å²) in [5, 5.41) is 0. The minimum Gasteiger partial charge on any atom is -0.344 e. The molecule has 28 heavy (non-hydrogen) atoms. The van der Waals surface area contributed by atoms with Crippen molar-refractivity contribution in [2.24, 2.45) is 17.2 Å². The summed E-state index contributed by atoms with van der Waals surface area (Å²) < 4.78 is 0. The smallest absolute Gasteiger partial charge is 0.00773 e. The molecule has 0 fully saturated rings. The van der Waals surface area contributed by atoms with Gasteiger partial charge >= 0.3 is 0 Å². The van der Waals surface area contributed by atoms with Crippen molar-refractivity contribution in [1.82, 2.24) is 6.15 Å². The molecule has 0 aliphatic carbocycles. The fourth-order valence-corrected chi connectivity index (χ4v) is 3.33. The molecule has 0 amide bonds. The summed E-state index contributed by atoms with van der Waals surface area (Å²) in [6.45, 7) is 4.81. The van der Waals surface area contributed by atoms with Crippen molar-refractivity contribution >= 4 is 0 Å². The lowest BCUT2D eigenvalue weighted by Crippen LogP contribution is -2.00. The molecule has 0 bridgehead atoms. The number of rotatable bonds is 21. The van der Waals surface area contributed by atoms with Crippen LogP contribution in [0.2, 0.25) is 0 Å². The summed E-state index contributed by atoms with van der Waals surface area (Å²) in [5.74, 6) is 0. The van der Waals surface area contributed by atoms with Gasteiger partial charge in [0.15, 0.2) is 0 Å². The van der Waals surface area contributed by atoms with Gasteiger partial charge in [-0.05, 0) is 38.9 Å². The zero-order valence-corrected chi connectivity index (χ0v) is 19.7. The second-order valence-electron chi connectivity index (χ2n) is 8.08. The van der Waals surface area contributed by atoms with Crippen LogP contribution in [-0.4, -0.2) is 19.6 Å². The van der Waals surface area contributed by atoms with E-state index in [2.05, 4.69) is 6.92 Å². The molecule has 0 aromatic carbocycles. The SMILES string of the molecule is CCCCCCCCCCCCCCCCCCN.N.NCCCCCCN. The van der Waals surface area contributed by atoms with E-state index in [1.54, 1.807) is 0 Å². The molecule has 0 spiro atoms. The largest absolute Gasteiger partial charge is 0.344 e. The van der Waals surface area contributed by atoms with Crippen LogP contribution in [-0.2, 0) is 0 Å². The maximum absolute atomic E-state index is 5.48. The van der Waals surface area contributed by atoms with Gasteiger partial charge in [-0.3, -0.25) is 0 Å². The van der Waals surface area contributed by atoms with E-state index < -0.39 is 0 Å². The predicted octanol–water partition coefficient (Wildman–Crippen LogP) is 6.83. The normalized spacial score (nSPS) is 10.3. The van der Waals surface area contributed by atoms with Crippen LogP contribution in [0.4, 0.5) is 0 Å². The molecule has 0 unspecified atom stereocenters. The highest BCUT2D eigenvalue weighted by molar-refractivity contribution is 4.50. The summed E-state index contributed by atoms with van der Waals surface area (Å²) in [5.41, 5.74) is 16.0. The van der Waals surface area contributed by atoms with Crippen molar-refractivity contribution in [3.8, 4) is 0 Å². The molecule has 0 saturated heterocycles. The number of nitrogens with two attached hydrogens (primary N) is 3. The predicted molar refractivity (Wildman–Crippen MR) is 130 cm³/mol. The third kappa shape index (κ3) is 36.7. The van der Waals surface area contributed by atoms with Gasteiger partial charge in [0, 0.05) is 0 Å². The highest BCUT2D eigenvalue weighted by Gasteiger charge is 1.94. The lowest BCUT2D eigenvalue weighted by atomic mass is 10.0. The third-order valence-electron chi connectivity index (χ3n) is 5.22. The van der Waals surface area contributed by atoms with Crippen molar-refractivity contribution in [2.45, 2.75) is 135 Å². The Morgan fingerprint density at radius 3 is 0.679 bits per heavy atom. The first kappa shape index (κ1) is 32.5. The third-order valence-corrected chi connectivity index (χ3v) is 5.22. The van der Waals surface area contributed by atoms with Crippen LogP contribution in [0.3, 0.4) is 0 Å². The maximum Gasteiger partial charge on any atom is -0.00773 e. The molecular formula is C24H58N4. The van der Waals surface area contributed by atoms with E-state index in [9.17, 15) is 0 Å². The number of hydrogen-bond acceptors (Lipinski definition) is 4. The van der Waals surface area contributed by atoms with E-state index in [4.69, 9.17) is 17.2 Å². The number of unbranched alkanes of at least 4 members (excludes halogenated alkanes) is 18. The minimum atomic E-state index is 0. The molecule has 0 aliphatic rings. The monoisotopic (exact) mass is 402 g/mol. The van der Waals surface area contributed by atoms with Crippen molar-refractivity contribution in [3.05, 3.63) is 0 Å². The van der Waals surface area contributed by atoms with Gasteiger partial charge in [-0.15, -0.1) is 0 Å². The Balaban J connectivity index is -0.000000587. The highest BCUT2D eigenvalue weighted by atomic mass is 14.5. The summed E-state index contributed by atoms with van der Waals surface area (Å²) in [6.07, 6.45) is 27.6. The molecule has 0 rings (SSSR count). The van der Waals surface area contributed by atoms with Gasteiger partial charge in [0.2, 0.25) is 0 Å². The first-order valence-corrected chi connectivity index (χ1v) is 12.4. The standard InChI is InChI=1S/C18H39N.C6H16N2.H3N/c1-2-3-4-5-6-7-8-9-10-11-12-13-14-15-16-17-18-19;7-5-3-1-2-4-6-8;/h2-19H2,1H3;1-8H2;1H3. The molecule has 0 atom stereocenters. The Morgan fingerprint density at radius 2 is 0.500 bits per heavy atom. The van der Waals surface area contributed by atoms with E-state index >= 15 is 0 Å². The maximum atomic E-state index is 5.48. The molecule has 0 heterocycles. The summed E-state index contributed by atoms with van der Waals surface area (Å²) >= 11 is 0. The molecule has 0 aliphatic heterocycles. The molecule has 0 aromatic heterocycles. The molecule has 174 valence electrons. The van der Waals surface area contributed by atoms with Gasteiger partial charge in [-0.1, -0.05) is 116 Å². The van der Waals surface area contributed by atoms with Crippen LogP contribution in [0.1, 0.15) is 135 Å². The van der Waals surface area contributed by atoms with Crippen LogP contribution in [0.15, 0.2) is 0 Å². The van der Waals surface area contributed by atoms with Crippen molar-refractivity contribution < 1.29 is 0 Å². The van der Waals surface area contributed by atoms with Crippen LogP contribution in [0.5, 0.6) is 0 Å². The van der Waals surface area contributed by atoms with Gasteiger partial charge in [-0.25, -0.2) is 0 Å². The second kappa shape index (κ2) is 34.4. The summed E-state index contributed by atoms with van der Waals surface area (Å²) in [4.78, 5) is 0. The van der Waals surface area contributed by atoms with Crippen molar-refractivity contribution in [3.63, 3.8) is 0 Å². The topological polar surface area (TPSA) is 113 Å². The van der Waals surface area contributed by atoms with E-state index in [1.807, 2.05) is 0 Å². The fourth-order valence-electron chi connectivity index (χ4n) is 3.33. The Hall–Kier alpha value is -0.160. The van der Waals surface area contributed by atoms with E-state index in [0.717, 1.165) is 32.5 Å². The minimum absolute atomic E-state index is 0. The zero-order chi connectivity index (χ0) is 20.3. The molecule has 0 radical (unpaired) electrons. The van der Waals surface area contributed by atoms with Crippen LogP contribution in [0.25, 0.3) is 0 Å². The lowest BCUT2D eigenvalue weighted by Gasteiger charge is -2.03. The molecule has 4 heteroatoms. The fraction of sp³-hybridized carbons (Fsp3) is 1.00. The van der Waals surface area contributed by atoms with Crippen molar-refractivity contribution in [1.29, 1.82) is 0 Å². The molecule has 9 N–H and O–H groups in total. The van der Waals surface area contributed by atoms with Gasteiger partial charge in [0.1, 0.15) is 0 Å². The van der Waals surface area contributed by atoms with Gasteiger partial charge in [-0.2, -0.15) is 0 Å². The first-order valence-electron chi connectivity index (χ1n) is 12.4. The molecule has 0 saturated carbocycles. The van der Waals surface area contributed by atoms with Crippen molar-refractivity contribution in [2.75, 3.05) is 19.6 Å². The molecule has 4 nitrogen and oxygen atoms in total. The average molecular weight is 403 g/mol. The summed E-state index contributed by atoms with van der Waals surface area (Å²) in [7, 11) is 0. The Labute approximate surface area is 178 Å². The van der Waals surface area contributed by atoms with Gasteiger partial charge < -0.3 is 23.4 Å². The average Bonchev–Trinajstić information content (AvgIpc) is 2.69. The Kier molecular flexibility index (Phi) is 39.9. The molecular weight excluding hydrogens is 344 g/mol. The number of hydrogen-bond donors (Lipinski definition) is 4. The van der Waals surface area contributed by atoms with Gasteiger partial charge in [0.25, 0.3) is 0 Å². The highest BCUT2D eigenvalue weighted by Crippen LogP contribution is 2.13. The van der Waals surface area contributed by atoms with Crippen LogP contribution >= 0.6 is 0 Å². The Bertz CT molecular complexity index is 203. The second-order valence-corrected chi connectivity index (χ2v) is 8.08. The Morgan fingerprint density at radius 1 is 0.321 bits per heavy atom. The summed E-state index contributed by atoms with van der Waals surface area (Å²) in [6, 6.07) is 0.